The van der Waals surface area contributed by atoms with E-state index in [1.54, 1.807) is 12.1 Å². The molecule has 1 saturated carbocycles. The third kappa shape index (κ3) is 3.46. The molecule has 2 N–H and O–H groups in total. The molecule has 0 saturated heterocycles. The van der Waals surface area contributed by atoms with E-state index >= 15 is 0 Å². The first kappa shape index (κ1) is 16.4. The number of fused-ring (bicyclic) bond motifs is 1. The Hall–Kier alpha value is -3.11. The van der Waals surface area contributed by atoms with Crippen LogP contribution in [0.15, 0.2) is 41.3 Å². The van der Waals surface area contributed by atoms with Crippen LogP contribution in [-0.4, -0.2) is 31.1 Å². The number of aromatic nitrogens is 3. The number of phenolic OH excluding ortho intramolecular Hbond substituents is 1. The van der Waals surface area contributed by atoms with E-state index in [1.165, 1.54) is 29.6 Å². The number of hydrogen-bond donors (Lipinski definition) is 2. The maximum atomic E-state index is 12.3. The van der Waals surface area contributed by atoms with Crippen LogP contribution in [0.3, 0.4) is 0 Å². The maximum Gasteiger partial charge on any atom is 0.272 e. The molecule has 0 bridgehead atoms. The summed E-state index contributed by atoms with van der Waals surface area (Å²) in [6.45, 7) is 2.12. The summed E-state index contributed by atoms with van der Waals surface area (Å²) in [4.78, 5) is 19.0. The van der Waals surface area contributed by atoms with Crippen LogP contribution in [0.1, 0.15) is 29.7 Å². The van der Waals surface area contributed by atoms with E-state index in [2.05, 4.69) is 21.1 Å². The van der Waals surface area contributed by atoms with Gasteiger partial charge in [-0.3, -0.25) is 14.8 Å². The summed E-state index contributed by atoms with van der Waals surface area (Å²) >= 11 is 0. The molecule has 1 aliphatic carbocycles. The lowest BCUT2D eigenvalue weighted by Gasteiger charge is -2.22. The van der Waals surface area contributed by atoms with Crippen molar-refractivity contribution in [3.8, 4) is 11.8 Å². The highest BCUT2D eigenvalue weighted by Gasteiger charge is 2.25. The molecule has 132 valence electrons. The van der Waals surface area contributed by atoms with Gasteiger partial charge >= 0.3 is 0 Å². The number of H-pyrrole nitrogens is 1. The number of nitrogens with one attached hydrogen (secondary N) is 1. The molecule has 3 aromatic rings. The van der Waals surface area contributed by atoms with E-state index in [1.807, 2.05) is 12.1 Å². The zero-order chi connectivity index (χ0) is 18.1. The van der Waals surface area contributed by atoms with E-state index in [0.29, 0.717) is 35.9 Å². The Labute approximate surface area is 150 Å². The quantitative estimate of drug-likeness (QED) is 0.709. The van der Waals surface area contributed by atoms with Crippen LogP contribution in [-0.2, 0) is 13.1 Å². The molecule has 4 rings (SSSR count). The Kier molecular flexibility index (Phi) is 4.19. The van der Waals surface area contributed by atoms with Crippen molar-refractivity contribution in [2.45, 2.75) is 25.9 Å². The second-order valence-corrected chi connectivity index (χ2v) is 6.83. The fraction of sp³-hybridized carbons (Fsp3) is 0.316. The molecule has 1 fully saturated rings. The molecule has 7 nitrogen and oxygen atoms in total. The summed E-state index contributed by atoms with van der Waals surface area (Å²) in [5, 5.41) is 21.6. The molecule has 7 heteroatoms. The van der Waals surface area contributed by atoms with Crippen LogP contribution >= 0.6 is 0 Å². The lowest BCUT2D eigenvalue weighted by Crippen LogP contribution is -2.27. The van der Waals surface area contributed by atoms with Crippen LogP contribution in [0.4, 0.5) is 0 Å². The predicted octanol–water partition coefficient (Wildman–Crippen LogP) is 2.01. The van der Waals surface area contributed by atoms with Gasteiger partial charge < -0.3 is 5.11 Å². The van der Waals surface area contributed by atoms with Crippen LogP contribution < -0.4 is 5.56 Å². The van der Waals surface area contributed by atoms with Crippen LogP contribution in [0.25, 0.3) is 5.65 Å². The SMILES string of the molecule is N#Cc1c[nH]n2c(=O)cc(CN(Cc3cccc(O)c3)CC3CC3)nc12. The molecular formula is C19H19N5O2. The van der Waals surface area contributed by atoms with Gasteiger partial charge in [-0.25, -0.2) is 9.50 Å². The van der Waals surface area contributed by atoms with Crippen LogP contribution in [0.5, 0.6) is 5.75 Å². The Balaban J connectivity index is 1.61. The van der Waals surface area contributed by atoms with E-state index < -0.39 is 0 Å². The Bertz CT molecular complexity index is 1040. The number of nitrogens with zero attached hydrogens (tertiary/aromatic N) is 4. The van der Waals surface area contributed by atoms with Gasteiger partial charge in [0.15, 0.2) is 5.65 Å². The first-order chi connectivity index (χ1) is 12.6. The molecule has 1 aromatic carbocycles. The zero-order valence-corrected chi connectivity index (χ0v) is 14.2. The lowest BCUT2D eigenvalue weighted by molar-refractivity contribution is 0.243. The van der Waals surface area contributed by atoms with Gasteiger partial charge in [0.25, 0.3) is 5.56 Å². The number of phenols is 1. The summed E-state index contributed by atoms with van der Waals surface area (Å²) in [5.41, 5.74) is 2.15. The highest BCUT2D eigenvalue weighted by molar-refractivity contribution is 5.53. The first-order valence-electron chi connectivity index (χ1n) is 8.63. The van der Waals surface area contributed by atoms with Gasteiger partial charge in [-0.15, -0.1) is 0 Å². The minimum Gasteiger partial charge on any atom is -0.508 e. The Morgan fingerprint density at radius 3 is 2.92 bits per heavy atom. The smallest absolute Gasteiger partial charge is 0.272 e. The first-order valence-corrected chi connectivity index (χ1v) is 8.63. The molecule has 0 unspecified atom stereocenters. The number of aromatic hydroxyl groups is 1. The molecule has 1 aliphatic rings. The normalized spacial score (nSPS) is 14.0. The second-order valence-electron chi connectivity index (χ2n) is 6.83. The van der Waals surface area contributed by atoms with Crippen molar-refractivity contribution in [2.24, 2.45) is 5.92 Å². The molecule has 0 amide bonds. The van der Waals surface area contributed by atoms with Crippen molar-refractivity contribution in [1.82, 2.24) is 19.5 Å². The van der Waals surface area contributed by atoms with Crippen molar-refractivity contribution < 1.29 is 5.11 Å². The van der Waals surface area contributed by atoms with Crippen molar-refractivity contribution in [2.75, 3.05) is 6.54 Å². The van der Waals surface area contributed by atoms with Gasteiger partial charge in [0, 0.05) is 31.9 Å². The van der Waals surface area contributed by atoms with E-state index in [4.69, 9.17) is 0 Å². The number of aromatic amines is 1. The fourth-order valence-corrected chi connectivity index (χ4v) is 3.18. The van der Waals surface area contributed by atoms with E-state index in [-0.39, 0.29) is 11.3 Å². The molecular weight excluding hydrogens is 330 g/mol. The third-order valence-electron chi connectivity index (χ3n) is 4.59. The molecule has 0 atom stereocenters. The number of benzene rings is 1. The highest BCUT2D eigenvalue weighted by atomic mass is 16.3. The minimum atomic E-state index is -0.227. The van der Waals surface area contributed by atoms with Gasteiger partial charge in [-0.2, -0.15) is 5.26 Å². The van der Waals surface area contributed by atoms with E-state index in [9.17, 15) is 15.2 Å². The van der Waals surface area contributed by atoms with Gasteiger partial charge in [0.05, 0.1) is 5.69 Å². The van der Waals surface area contributed by atoms with Crippen molar-refractivity contribution in [3.63, 3.8) is 0 Å². The third-order valence-corrected chi connectivity index (χ3v) is 4.59. The summed E-state index contributed by atoms with van der Waals surface area (Å²) in [6.07, 6.45) is 3.94. The highest BCUT2D eigenvalue weighted by Crippen LogP contribution is 2.30. The fourth-order valence-electron chi connectivity index (χ4n) is 3.18. The lowest BCUT2D eigenvalue weighted by atomic mass is 10.2. The van der Waals surface area contributed by atoms with Crippen LogP contribution in [0, 0.1) is 17.2 Å². The summed E-state index contributed by atoms with van der Waals surface area (Å²) in [6, 6.07) is 10.8. The standard InChI is InChI=1S/C19H19N5O2/c20-8-15-9-21-24-18(26)7-16(22-19(15)24)12-23(10-13-4-5-13)11-14-2-1-3-17(25)6-14/h1-3,6-7,9,13,21,25H,4-5,10-12H2. The van der Waals surface area contributed by atoms with Crippen molar-refractivity contribution >= 4 is 5.65 Å². The largest absolute Gasteiger partial charge is 0.508 e. The zero-order valence-electron chi connectivity index (χ0n) is 14.2. The van der Waals surface area contributed by atoms with Crippen molar-refractivity contribution in [1.29, 1.82) is 5.26 Å². The number of hydrogen-bond acceptors (Lipinski definition) is 5. The Morgan fingerprint density at radius 2 is 2.19 bits per heavy atom. The average molecular weight is 349 g/mol. The average Bonchev–Trinajstić information content (AvgIpc) is 3.31. The van der Waals surface area contributed by atoms with Crippen LogP contribution in [0.2, 0.25) is 0 Å². The summed E-state index contributed by atoms with van der Waals surface area (Å²) in [5.74, 6) is 0.928. The van der Waals surface area contributed by atoms with Gasteiger partial charge in [0.2, 0.25) is 0 Å². The maximum absolute atomic E-state index is 12.3. The number of rotatable bonds is 6. The molecule has 2 aromatic heterocycles. The van der Waals surface area contributed by atoms with Gasteiger partial charge in [-0.1, -0.05) is 12.1 Å². The topological polar surface area (TPSA) is 97.4 Å². The minimum absolute atomic E-state index is 0.227. The molecule has 0 radical (unpaired) electrons. The Morgan fingerprint density at radius 1 is 1.35 bits per heavy atom. The predicted molar refractivity (Wildman–Crippen MR) is 95.5 cm³/mol. The second kappa shape index (κ2) is 6.65. The van der Waals surface area contributed by atoms with Gasteiger partial charge in [-0.05, 0) is 36.5 Å². The van der Waals surface area contributed by atoms with E-state index in [0.717, 1.165) is 12.1 Å². The van der Waals surface area contributed by atoms with Gasteiger partial charge in [0.1, 0.15) is 17.4 Å². The number of nitriles is 1. The molecule has 2 heterocycles. The summed E-state index contributed by atoms with van der Waals surface area (Å²) in [7, 11) is 0. The monoisotopic (exact) mass is 349 g/mol. The molecule has 0 aliphatic heterocycles. The molecule has 0 spiro atoms. The summed E-state index contributed by atoms with van der Waals surface area (Å²) < 4.78 is 1.28. The molecule has 26 heavy (non-hydrogen) atoms. The van der Waals surface area contributed by atoms with Crippen molar-refractivity contribution in [3.05, 3.63) is 63.7 Å².